The fourth-order valence-corrected chi connectivity index (χ4v) is 6.07. The molecule has 1 fully saturated rings. The monoisotopic (exact) mass is 629 g/mol. The van der Waals surface area contributed by atoms with Crippen molar-refractivity contribution in [1.82, 2.24) is 4.90 Å². The molecule has 0 bridgehead atoms. The van der Waals surface area contributed by atoms with Gasteiger partial charge < -0.3 is 24.1 Å². The Bertz CT molecular complexity index is 1590. The summed E-state index contributed by atoms with van der Waals surface area (Å²) in [6.07, 6.45) is -0.274. The van der Waals surface area contributed by atoms with Crippen molar-refractivity contribution in [2.24, 2.45) is 0 Å². The number of hydrogen-bond donors (Lipinski definition) is 1. The van der Waals surface area contributed by atoms with Gasteiger partial charge in [-0.15, -0.1) is 0 Å². The molecule has 47 heavy (non-hydrogen) atoms. The van der Waals surface area contributed by atoms with Crippen LogP contribution in [-0.2, 0) is 40.5 Å². The Morgan fingerprint density at radius 1 is 0.511 bits per heavy atom. The topological polar surface area (TPSA) is 60.4 Å². The number of likely N-dealkylation sites (tertiary alicyclic amines) is 1. The highest BCUT2D eigenvalue weighted by Crippen LogP contribution is 2.29. The number of rotatable bonds is 15. The number of hydrogen-bond acceptors (Lipinski definition) is 6. The summed E-state index contributed by atoms with van der Waals surface area (Å²) in [5.41, 5.74) is 4.44. The van der Waals surface area contributed by atoms with Crippen LogP contribution in [0.1, 0.15) is 22.3 Å². The second kappa shape index (κ2) is 17.0. The lowest BCUT2D eigenvalue weighted by Gasteiger charge is -2.48. The van der Waals surface area contributed by atoms with Crippen LogP contribution in [0, 0.1) is 0 Å². The van der Waals surface area contributed by atoms with E-state index in [1.165, 1.54) is 5.56 Å². The van der Waals surface area contributed by atoms with E-state index in [2.05, 4.69) is 53.4 Å². The first-order valence-electron chi connectivity index (χ1n) is 16.4. The van der Waals surface area contributed by atoms with Crippen molar-refractivity contribution >= 4 is 0 Å². The third-order valence-corrected chi connectivity index (χ3v) is 8.61. The fourth-order valence-electron chi connectivity index (χ4n) is 6.07. The summed E-state index contributed by atoms with van der Waals surface area (Å²) in [5, 5.41) is 10.9. The van der Waals surface area contributed by atoms with Gasteiger partial charge in [-0.1, -0.05) is 121 Å². The number of aliphatic hydroxyl groups excluding tert-OH is 1. The molecule has 6 rings (SSSR count). The van der Waals surface area contributed by atoms with Gasteiger partial charge >= 0.3 is 0 Å². The van der Waals surface area contributed by atoms with Crippen LogP contribution in [0.5, 0.6) is 11.5 Å². The highest BCUT2D eigenvalue weighted by atomic mass is 16.6. The van der Waals surface area contributed by atoms with Crippen molar-refractivity contribution < 1.29 is 24.1 Å². The highest BCUT2D eigenvalue weighted by molar-refractivity contribution is 5.33. The van der Waals surface area contributed by atoms with E-state index in [0.29, 0.717) is 26.4 Å². The number of aliphatic hydroxyl groups is 1. The zero-order chi connectivity index (χ0) is 32.1. The van der Waals surface area contributed by atoms with E-state index in [0.717, 1.165) is 41.2 Å². The van der Waals surface area contributed by atoms with Crippen LogP contribution in [0.15, 0.2) is 146 Å². The number of para-hydroxylation sites is 1. The third kappa shape index (κ3) is 9.38. The largest absolute Gasteiger partial charge is 0.457 e. The number of nitrogens with zero attached hydrogens (tertiary/aromatic N) is 1. The predicted octanol–water partition coefficient (Wildman–Crippen LogP) is 7.45. The van der Waals surface area contributed by atoms with E-state index >= 15 is 0 Å². The second-order valence-electron chi connectivity index (χ2n) is 11.9. The Balaban J connectivity index is 1.21. The third-order valence-electron chi connectivity index (χ3n) is 8.61. The van der Waals surface area contributed by atoms with E-state index in [9.17, 15) is 5.11 Å². The van der Waals surface area contributed by atoms with E-state index < -0.39 is 6.10 Å². The molecule has 5 aromatic rings. The summed E-state index contributed by atoms with van der Waals surface area (Å²) in [6.45, 7) is 2.58. The SMILES string of the molecule is OC[C@@H]1[C@@H](OCc2ccccc2)[C@H](OCc2ccccc2)[C@@H](OCc2ccccc2)CN1CCc1ccc(Oc2ccccc2)cc1. The summed E-state index contributed by atoms with van der Waals surface area (Å²) in [7, 11) is 0. The lowest BCUT2D eigenvalue weighted by molar-refractivity contribution is -0.207. The van der Waals surface area contributed by atoms with Crippen LogP contribution in [0.3, 0.4) is 0 Å². The van der Waals surface area contributed by atoms with Gasteiger partial charge in [0, 0.05) is 13.1 Å². The van der Waals surface area contributed by atoms with Crippen LogP contribution in [0.4, 0.5) is 0 Å². The molecule has 1 aliphatic heterocycles. The van der Waals surface area contributed by atoms with Gasteiger partial charge in [0.2, 0.25) is 0 Å². The Morgan fingerprint density at radius 2 is 0.979 bits per heavy atom. The minimum atomic E-state index is -0.417. The highest BCUT2D eigenvalue weighted by Gasteiger charge is 2.45. The summed E-state index contributed by atoms with van der Waals surface area (Å²) < 4.78 is 26.0. The molecule has 6 heteroatoms. The van der Waals surface area contributed by atoms with Gasteiger partial charge in [-0.25, -0.2) is 0 Å². The zero-order valence-electron chi connectivity index (χ0n) is 26.6. The quantitative estimate of drug-likeness (QED) is 0.130. The maximum absolute atomic E-state index is 10.9. The van der Waals surface area contributed by atoms with Crippen molar-refractivity contribution in [1.29, 1.82) is 0 Å². The Morgan fingerprint density at radius 3 is 1.51 bits per heavy atom. The molecule has 0 aromatic heterocycles. The van der Waals surface area contributed by atoms with Crippen LogP contribution in [0.25, 0.3) is 0 Å². The van der Waals surface area contributed by atoms with Crippen molar-refractivity contribution in [3.05, 3.63) is 168 Å². The summed E-state index contributed by atoms with van der Waals surface area (Å²) in [5.74, 6) is 1.61. The minimum Gasteiger partial charge on any atom is -0.457 e. The number of piperidine rings is 1. The van der Waals surface area contributed by atoms with Crippen molar-refractivity contribution in [2.45, 2.75) is 50.6 Å². The van der Waals surface area contributed by atoms with Crippen LogP contribution >= 0.6 is 0 Å². The maximum atomic E-state index is 10.9. The molecule has 1 N–H and O–H groups in total. The predicted molar refractivity (Wildman–Crippen MR) is 184 cm³/mol. The Hall–Kier alpha value is -4.30. The van der Waals surface area contributed by atoms with Crippen molar-refractivity contribution in [3.63, 3.8) is 0 Å². The first kappa shape index (κ1) is 32.6. The summed E-state index contributed by atoms with van der Waals surface area (Å²) >= 11 is 0. The fraction of sp³-hybridized carbons (Fsp3) is 0.268. The van der Waals surface area contributed by atoms with Gasteiger partial charge in [0.1, 0.15) is 23.7 Å². The normalized spacial score (nSPS) is 19.8. The van der Waals surface area contributed by atoms with E-state index in [1.54, 1.807) is 0 Å². The molecule has 0 unspecified atom stereocenters. The smallest absolute Gasteiger partial charge is 0.127 e. The number of benzene rings is 5. The molecule has 0 saturated carbocycles. The standard InChI is InChI=1S/C41H43NO5/c43-28-38-40(45-30-34-15-7-2-8-16-34)41(46-31-35-17-9-3-10-18-35)39(44-29-33-13-5-1-6-14-33)27-42(38)26-25-32-21-23-37(24-22-32)47-36-19-11-4-12-20-36/h1-24,38-41,43H,25-31H2/t38-,39+,40-,41-/m1/s1. The molecule has 0 aliphatic carbocycles. The molecule has 0 amide bonds. The van der Waals surface area contributed by atoms with Gasteiger partial charge in [0.15, 0.2) is 0 Å². The van der Waals surface area contributed by atoms with Crippen molar-refractivity contribution in [3.8, 4) is 11.5 Å². The summed E-state index contributed by atoms with van der Waals surface area (Å²) in [6, 6.07) is 48.3. The molecule has 1 heterocycles. The van der Waals surface area contributed by atoms with Crippen LogP contribution in [-0.4, -0.2) is 54.1 Å². The van der Waals surface area contributed by atoms with E-state index in [1.807, 2.05) is 97.1 Å². The zero-order valence-corrected chi connectivity index (χ0v) is 26.6. The minimum absolute atomic E-state index is 0.0556. The van der Waals surface area contributed by atoms with Crippen LogP contribution in [0.2, 0.25) is 0 Å². The molecular weight excluding hydrogens is 586 g/mol. The van der Waals surface area contributed by atoms with Gasteiger partial charge in [-0.05, 0) is 52.9 Å². The first-order chi connectivity index (χ1) is 23.2. The van der Waals surface area contributed by atoms with Crippen molar-refractivity contribution in [2.75, 3.05) is 19.7 Å². The molecule has 0 radical (unpaired) electrons. The molecular formula is C41H43NO5. The first-order valence-corrected chi connectivity index (χ1v) is 16.4. The molecule has 0 spiro atoms. The second-order valence-corrected chi connectivity index (χ2v) is 11.9. The van der Waals surface area contributed by atoms with Gasteiger partial charge in [0.05, 0.1) is 38.6 Å². The molecule has 242 valence electrons. The summed E-state index contributed by atoms with van der Waals surface area (Å²) in [4.78, 5) is 2.31. The molecule has 4 atom stereocenters. The van der Waals surface area contributed by atoms with Gasteiger partial charge in [0.25, 0.3) is 0 Å². The maximum Gasteiger partial charge on any atom is 0.127 e. The van der Waals surface area contributed by atoms with Gasteiger partial charge in [-0.3, -0.25) is 4.90 Å². The molecule has 1 aliphatic rings. The average Bonchev–Trinajstić information content (AvgIpc) is 3.13. The molecule has 1 saturated heterocycles. The van der Waals surface area contributed by atoms with E-state index in [4.69, 9.17) is 18.9 Å². The molecule has 5 aromatic carbocycles. The lowest BCUT2D eigenvalue weighted by atomic mass is 9.92. The molecule has 6 nitrogen and oxygen atoms in total. The van der Waals surface area contributed by atoms with Gasteiger partial charge in [-0.2, -0.15) is 0 Å². The number of ether oxygens (including phenoxy) is 4. The van der Waals surface area contributed by atoms with Crippen LogP contribution < -0.4 is 4.74 Å². The average molecular weight is 630 g/mol. The van der Waals surface area contributed by atoms with E-state index in [-0.39, 0.29) is 24.9 Å². The Kier molecular flexibility index (Phi) is 11.8. The Labute approximate surface area is 278 Å². The lowest BCUT2D eigenvalue weighted by Crippen LogP contribution is -2.64.